The standard InChI is InChI=1S/C15H13ClO3/c1-10-8-11(15(17)18)6-7-14(10)19-9-12-4-2-3-5-13(12)16/h2-8H,9H2,1H3,(H,17,18). The number of carboxylic acid groups (broad SMARTS) is 1. The Morgan fingerprint density at radius 1 is 1.26 bits per heavy atom. The molecule has 0 amide bonds. The molecule has 0 heterocycles. The zero-order valence-electron chi connectivity index (χ0n) is 10.4. The first-order valence-corrected chi connectivity index (χ1v) is 6.16. The molecule has 98 valence electrons. The minimum Gasteiger partial charge on any atom is -0.489 e. The molecule has 0 bridgehead atoms. The van der Waals surface area contributed by atoms with E-state index in [9.17, 15) is 4.79 Å². The Bertz CT molecular complexity index is 608. The van der Waals surface area contributed by atoms with Crippen LogP contribution < -0.4 is 4.74 Å². The van der Waals surface area contributed by atoms with Gasteiger partial charge in [-0.3, -0.25) is 0 Å². The zero-order chi connectivity index (χ0) is 13.8. The fraction of sp³-hybridized carbons (Fsp3) is 0.133. The largest absolute Gasteiger partial charge is 0.489 e. The van der Waals surface area contributed by atoms with Gasteiger partial charge in [-0.05, 0) is 36.8 Å². The Hall–Kier alpha value is -2.00. The lowest BCUT2D eigenvalue weighted by Crippen LogP contribution is -2.00. The summed E-state index contributed by atoms with van der Waals surface area (Å²) in [5.74, 6) is -0.286. The maximum atomic E-state index is 10.8. The molecule has 0 fully saturated rings. The number of halogens is 1. The van der Waals surface area contributed by atoms with Crippen LogP contribution in [0.2, 0.25) is 5.02 Å². The summed E-state index contributed by atoms with van der Waals surface area (Å²) in [6.07, 6.45) is 0. The number of rotatable bonds is 4. The van der Waals surface area contributed by atoms with Crippen molar-refractivity contribution in [2.24, 2.45) is 0 Å². The molecular formula is C15H13ClO3. The summed E-state index contributed by atoms with van der Waals surface area (Å²) < 4.78 is 5.66. The van der Waals surface area contributed by atoms with Crippen molar-refractivity contribution in [3.8, 4) is 5.75 Å². The highest BCUT2D eigenvalue weighted by Gasteiger charge is 2.07. The fourth-order valence-electron chi connectivity index (χ4n) is 1.72. The van der Waals surface area contributed by atoms with Gasteiger partial charge >= 0.3 is 5.97 Å². The van der Waals surface area contributed by atoms with Crippen LogP contribution in [-0.4, -0.2) is 11.1 Å². The van der Waals surface area contributed by atoms with E-state index in [1.54, 1.807) is 18.2 Å². The number of benzene rings is 2. The molecule has 0 saturated heterocycles. The van der Waals surface area contributed by atoms with Crippen molar-refractivity contribution in [1.82, 2.24) is 0 Å². The van der Waals surface area contributed by atoms with Crippen LogP contribution in [0.1, 0.15) is 21.5 Å². The van der Waals surface area contributed by atoms with Gasteiger partial charge in [0.2, 0.25) is 0 Å². The molecule has 0 aliphatic carbocycles. The summed E-state index contributed by atoms with van der Waals surface area (Å²) >= 11 is 6.04. The highest BCUT2D eigenvalue weighted by Crippen LogP contribution is 2.22. The van der Waals surface area contributed by atoms with Crippen molar-refractivity contribution in [2.45, 2.75) is 13.5 Å². The Morgan fingerprint density at radius 2 is 2.00 bits per heavy atom. The Morgan fingerprint density at radius 3 is 2.63 bits per heavy atom. The average molecular weight is 277 g/mol. The van der Waals surface area contributed by atoms with Crippen molar-refractivity contribution < 1.29 is 14.6 Å². The molecular weight excluding hydrogens is 264 g/mol. The van der Waals surface area contributed by atoms with E-state index < -0.39 is 5.97 Å². The maximum absolute atomic E-state index is 10.8. The zero-order valence-corrected chi connectivity index (χ0v) is 11.1. The molecule has 0 saturated carbocycles. The highest BCUT2D eigenvalue weighted by atomic mass is 35.5. The van der Waals surface area contributed by atoms with Gasteiger partial charge in [0.1, 0.15) is 12.4 Å². The first-order chi connectivity index (χ1) is 9.08. The molecule has 0 aliphatic rings. The summed E-state index contributed by atoms with van der Waals surface area (Å²) in [6.45, 7) is 2.17. The Labute approximate surface area is 116 Å². The smallest absolute Gasteiger partial charge is 0.335 e. The highest BCUT2D eigenvalue weighted by molar-refractivity contribution is 6.31. The third-order valence-electron chi connectivity index (χ3n) is 2.76. The Kier molecular flexibility index (Phi) is 4.07. The van der Waals surface area contributed by atoms with E-state index in [-0.39, 0.29) is 5.56 Å². The van der Waals surface area contributed by atoms with Crippen molar-refractivity contribution in [3.63, 3.8) is 0 Å². The summed E-state index contributed by atoms with van der Waals surface area (Å²) in [5.41, 5.74) is 1.93. The van der Waals surface area contributed by atoms with E-state index in [2.05, 4.69) is 0 Å². The molecule has 2 aromatic carbocycles. The second-order valence-electron chi connectivity index (χ2n) is 4.17. The van der Waals surface area contributed by atoms with Gasteiger partial charge in [-0.2, -0.15) is 0 Å². The second-order valence-corrected chi connectivity index (χ2v) is 4.57. The minimum absolute atomic E-state index is 0.252. The van der Waals surface area contributed by atoms with Crippen molar-refractivity contribution in [1.29, 1.82) is 0 Å². The molecule has 19 heavy (non-hydrogen) atoms. The number of carboxylic acids is 1. The third-order valence-corrected chi connectivity index (χ3v) is 3.13. The van der Waals surface area contributed by atoms with Gasteiger partial charge in [-0.15, -0.1) is 0 Å². The van der Waals surface area contributed by atoms with Gasteiger partial charge in [0.15, 0.2) is 0 Å². The molecule has 4 heteroatoms. The number of ether oxygens (including phenoxy) is 1. The Balaban J connectivity index is 2.12. The molecule has 0 aliphatic heterocycles. The van der Waals surface area contributed by atoms with Crippen LogP contribution in [0.4, 0.5) is 0 Å². The van der Waals surface area contributed by atoms with Crippen molar-refractivity contribution >= 4 is 17.6 Å². The number of aryl methyl sites for hydroxylation is 1. The molecule has 1 N–H and O–H groups in total. The summed E-state index contributed by atoms with van der Waals surface area (Å²) in [5, 5.41) is 9.54. The van der Waals surface area contributed by atoms with Gasteiger partial charge < -0.3 is 9.84 Å². The molecule has 0 radical (unpaired) electrons. The molecule has 3 nitrogen and oxygen atoms in total. The third kappa shape index (κ3) is 3.26. The number of hydrogen-bond acceptors (Lipinski definition) is 2. The first kappa shape index (κ1) is 13.4. The van der Waals surface area contributed by atoms with Crippen LogP contribution in [-0.2, 0) is 6.61 Å². The van der Waals surface area contributed by atoms with Gasteiger partial charge in [-0.1, -0.05) is 29.8 Å². The minimum atomic E-state index is -0.944. The predicted octanol–water partition coefficient (Wildman–Crippen LogP) is 3.93. The molecule has 2 aromatic rings. The van der Waals surface area contributed by atoms with Gasteiger partial charge in [0, 0.05) is 10.6 Å². The number of aromatic carboxylic acids is 1. The molecule has 0 atom stereocenters. The van der Waals surface area contributed by atoms with E-state index in [1.807, 2.05) is 25.1 Å². The molecule has 2 rings (SSSR count). The number of hydrogen-bond donors (Lipinski definition) is 1. The van der Waals surface area contributed by atoms with Crippen LogP contribution in [0, 0.1) is 6.92 Å². The van der Waals surface area contributed by atoms with Crippen LogP contribution in [0.3, 0.4) is 0 Å². The van der Waals surface area contributed by atoms with Crippen LogP contribution in [0.5, 0.6) is 5.75 Å². The van der Waals surface area contributed by atoms with Gasteiger partial charge in [0.05, 0.1) is 5.56 Å². The van der Waals surface area contributed by atoms with Gasteiger partial charge in [-0.25, -0.2) is 4.79 Å². The lowest BCUT2D eigenvalue weighted by molar-refractivity contribution is 0.0696. The predicted molar refractivity (Wildman–Crippen MR) is 73.9 cm³/mol. The normalized spacial score (nSPS) is 10.2. The van der Waals surface area contributed by atoms with E-state index in [0.29, 0.717) is 17.4 Å². The summed E-state index contributed by atoms with van der Waals surface area (Å²) in [6, 6.07) is 12.2. The van der Waals surface area contributed by atoms with Crippen LogP contribution in [0.15, 0.2) is 42.5 Å². The van der Waals surface area contributed by atoms with E-state index in [1.165, 1.54) is 6.07 Å². The first-order valence-electron chi connectivity index (χ1n) is 5.78. The van der Waals surface area contributed by atoms with E-state index >= 15 is 0 Å². The van der Waals surface area contributed by atoms with Crippen LogP contribution in [0.25, 0.3) is 0 Å². The molecule has 0 spiro atoms. The lowest BCUT2D eigenvalue weighted by atomic mass is 10.1. The average Bonchev–Trinajstić information content (AvgIpc) is 2.39. The van der Waals surface area contributed by atoms with Crippen LogP contribution >= 0.6 is 11.6 Å². The SMILES string of the molecule is Cc1cc(C(=O)O)ccc1OCc1ccccc1Cl. The molecule has 0 aromatic heterocycles. The summed E-state index contributed by atoms with van der Waals surface area (Å²) in [7, 11) is 0. The van der Waals surface area contributed by atoms with Gasteiger partial charge in [0.25, 0.3) is 0 Å². The van der Waals surface area contributed by atoms with E-state index in [0.717, 1.165) is 11.1 Å². The number of carbonyl (C=O) groups is 1. The summed E-state index contributed by atoms with van der Waals surface area (Å²) in [4.78, 5) is 10.8. The van der Waals surface area contributed by atoms with Crippen molar-refractivity contribution in [2.75, 3.05) is 0 Å². The fourth-order valence-corrected chi connectivity index (χ4v) is 1.91. The van der Waals surface area contributed by atoms with E-state index in [4.69, 9.17) is 21.4 Å². The lowest BCUT2D eigenvalue weighted by Gasteiger charge is -2.10. The maximum Gasteiger partial charge on any atom is 0.335 e. The van der Waals surface area contributed by atoms with Crippen molar-refractivity contribution in [3.05, 3.63) is 64.2 Å². The quantitative estimate of drug-likeness (QED) is 0.920. The molecule has 0 unspecified atom stereocenters. The topological polar surface area (TPSA) is 46.5 Å². The monoisotopic (exact) mass is 276 g/mol. The second kappa shape index (κ2) is 5.76.